The standard InChI is InChI=1S/C12H20BNO4/c1-11(2,15)12(3,4)18-13(16)10-8-9(17-5)6-7-14-10/h6-8,15-16H,1-5H3. The molecule has 100 valence electrons. The third-order valence-electron chi connectivity index (χ3n) is 3.12. The molecule has 2 N–H and O–H groups in total. The molecule has 0 saturated carbocycles. The van der Waals surface area contributed by atoms with Crippen molar-refractivity contribution in [3.8, 4) is 5.75 Å². The van der Waals surface area contributed by atoms with Crippen LogP contribution in [0.15, 0.2) is 18.3 Å². The van der Waals surface area contributed by atoms with E-state index in [1.165, 1.54) is 13.3 Å². The van der Waals surface area contributed by atoms with Crippen molar-refractivity contribution in [1.82, 2.24) is 4.98 Å². The van der Waals surface area contributed by atoms with Crippen molar-refractivity contribution in [2.75, 3.05) is 7.11 Å². The summed E-state index contributed by atoms with van der Waals surface area (Å²) in [5, 5.41) is 19.9. The molecule has 0 unspecified atom stereocenters. The average Bonchev–Trinajstić information content (AvgIpc) is 2.27. The molecule has 0 atom stereocenters. The Labute approximate surface area is 108 Å². The molecule has 0 aliphatic rings. The van der Waals surface area contributed by atoms with E-state index >= 15 is 0 Å². The van der Waals surface area contributed by atoms with E-state index in [1.807, 2.05) is 0 Å². The lowest BCUT2D eigenvalue weighted by Crippen LogP contribution is -2.53. The first-order valence-corrected chi connectivity index (χ1v) is 5.75. The van der Waals surface area contributed by atoms with Gasteiger partial charge in [0.1, 0.15) is 5.75 Å². The molecule has 0 aliphatic carbocycles. The van der Waals surface area contributed by atoms with Crippen LogP contribution in [0.5, 0.6) is 5.75 Å². The van der Waals surface area contributed by atoms with Crippen LogP contribution in [0.1, 0.15) is 27.7 Å². The van der Waals surface area contributed by atoms with E-state index in [4.69, 9.17) is 9.39 Å². The van der Waals surface area contributed by atoms with E-state index < -0.39 is 18.3 Å². The fourth-order valence-electron chi connectivity index (χ4n) is 1.17. The van der Waals surface area contributed by atoms with Gasteiger partial charge in [-0.05, 0) is 39.8 Å². The Balaban J connectivity index is 2.85. The van der Waals surface area contributed by atoms with Crippen molar-refractivity contribution in [2.45, 2.75) is 38.9 Å². The summed E-state index contributed by atoms with van der Waals surface area (Å²) in [6.07, 6.45) is 1.53. The van der Waals surface area contributed by atoms with Crippen molar-refractivity contribution >= 4 is 12.7 Å². The first kappa shape index (κ1) is 15.0. The molecule has 1 aromatic rings. The Kier molecular flexibility index (Phi) is 4.37. The predicted octanol–water partition coefficient (Wildman–Crippen LogP) is 0.344. The molecule has 0 aromatic carbocycles. The lowest BCUT2D eigenvalue weighted by Gasteiger charge is -2.38. The minimum atomic E-state index is -1.22. The van der Waals surface area contributed by atoms with Gasteiger partial charge in [0, 0.05) is 6.20 Å². The van der Waals surface area contributed by atoms with Crippen molar-refractivity contribution in [2.24, 2.45) is 0 Å². The second-order valence-corrected chi connectivity index (χ2v) is 5.16. The normalized spacial score (nSPS) is 12.4. The van der Waals surface area contributed by atoms with Crippen molar-refractivity contribution in [1.29, 1.82) is 0 Å². The number of hydrogen-bond acceptors (Lipinski definition) is 5. The number of ether oxygens (including phenoxy) is 1. The zero-order chi connectivity index (χ0) is 14.0. The fourth-order valence-corrected chi connectivity index (χ4v) is 1.17. The molecule has 0 spiro atoms. The average molecular weight is 253 g/mol. The van der Waals surface area contributed by atoms with E-state index in [-0.39, 0.29) is 0 Å². The van der Waals surface area contributed by atoms with Crippen LogP contribution in [0.3, 0.4) is 0 Å². The number of pyridine rings is 1. The highest BCUT2D eigenvalue weighted by molar-refractivity contribution is 6.59. The van der Waals surface area contributed by atoms with Gasteiger partial charge < -0.3 is 19.5 Å². The maximum atomic E-state index is 9.99. The highest BCUT2D eigenvalue weighted by Crippen LogP contribution is 2.25. The third kappa shape index (κ3) is 3.44. The Hall–Kier alpha value is -1.11. The summed E-state index contributed by atoms with van der Waals surface area (Å²) in [5.41, 5.74) is -1.67. The van der Waals surface area contributed by atoms with E-state index in [9.17, 15) is 10.1 Å². The first-order valence-electron chi connectivity index (χ1n) is 5.75. The summed E-state index contributed by atoms with van der Waals surface area (Å²) < 4.78 is 10.5. The predicted molar refractivity (Wildman–Crippen MR) is 69.9 cm³/mol. The Morgan fingerprint density at radius 1 is 1.28 bits per heavy atom. The highest BCUT2D eigenvalue weighted by Gasteiger charge is 2.40. The first-order chi connectivity index (χ1) is 8.17. The van der Waals surface area contributed by atoms with E-state index in [2.05, 4.69) is 4.98 Å². The summed E-state index contributed by atoms with van der Waals surface area (Å²) in [5.74, 6) is 0.587. The Morgan fingerprint density at radius 3 is 2.39 bits per heavy atom. The molecule has 6 heteroatoms. The molecule has 18 heavy (non-hydrogen) atoms. The van der Waals surface area contributed by atoms with Gasteiger partial charge >= 0.3 is 7.12 Å². The Bertz CT molecular complexity index is 403. The molecule has 1 heterocycles. The van der Waals surface area contributed by atoms with Crippen LogP contribution in [-0.4, -0.2) is 40.5 Å². The van der Waals surface area contributed by atoms with Gasteiger partial charge in [-0.3, -0.25) is 4.98 Å². The number of aromatic nitrogens is 1. The molecule has 5 nitrogen and oxygen atoms in total. The SMILES string of the molecule is COc1ccnc(B(O)OC(C)(C)C(C)(C)O)c1. The van der Waals surface area contributed by atoms with Gasteiger partial charge in [-0.15, -0.1) is 0 Å². The fraction of sp³-hybridized carbons (Fsp3) is 0.583. The number of hydrogen-bond donors (Lipinski definition) is 2. The molecular weight excluding hydrogens is 233 g/mol. The lowest BCUT2D eigenvalue weighted by atomic mass is 9.80. The van der Waals surface area contributed by atoms with Crippen LogP contribution in [0.4, 0.5) is 0 Å². The minimum Gasteiger partial charge on any atom is -0.497 e. The van der Waals surface area contributed by atoms with Crippen LogP contribution >= 0.6 is 0 Å². The smallest absolute Gasteiger partial charge is 0.497 e. The van der Waals surface area contributed by atoms with Crippen LogP contribution in [0.25, 0.3) is 0 Å². The molecule has 0 radical (unpaired) electrons. The summed E-state index contributed by atoms with van der Waals surface area (Å²) in [6.45, 7) is 6.66. The van der Waals surface area contributed by atoms with E-state index in [1.54, 1.807) is 39.8 Å². The number of rotatable bonds is 5. The maximum Gasteiger partial charge on any atom is 0.511 e. The van der Waals surface area contributed by atoms with Crippen LogP contribution in [0, 0.1) is 0 Å². The van der Waals surface area contributed by atoms with Gasteiger partial charge in [0.05, 0.1) is 23.9 Å². The highest BCUT2D eigenvalue weighted by atomic mass is 16.5. The molecule has 0 amide bonds. The van der Waals surface area contributed by atoms with Crippen LogP contribution in [-0.2, 0) is 4.65 Å². The number of nitrogens with zero attached hydrogens (tertiary/aromatic N) is 1. The molecular formula is C12H20BNO4. The molecule has 0 aliphatic heterocycles. The Morgan fingerprint density at radius 2 is 1.89 bits per heavy atom. The van der Waals surface area contributed by atoms with Crippen LogP contribution in [0.2, 0.25) is 0 Å². The largest absolute Gasteiger partial charge is 0.511 e. The zero-order valence-corrected chi connectivity index (χ0v) is 11.5. The second-order valence-electron chi connectivity index (χ2n) is 5.16. The van der Waals surface area contributed by atoms with Gasteiger partial charge in [-0.1, -0.05) is 0 Å². The van der Waals surface area contributed by atoms with Gasteiger partial charge in [0.15, 0.2) is 0 Å². The summed E-state index contributed by atoms with van der Waals surface area (Å²) in [4.78, 5) is 4.02. The van der Waals surface area contributed by atoms with Gasteiger partial charge in [-0.2, -0.15) is 0 Å². The van der Waals surface area contributed by atoms with E-state index in [0.717, 1.165) is 0 Å². The second kappa shape index (κ2) is 5.26. The summed E-state index contributed by atoms with van der Waals surface area (Å²) in [6, 6.07) is 3.27. The van der Waals surface area contributed by atoms with E-state index in [0.29, 0.717) is 11.3 Å². The van der Waals surface area contributed by atoms with Crippen molar-refractivity contribution in [3.05, 3.63) is 18.3 Å². The summed E-state index contributed by atoms with van der Waals surface area (Å²) in [7, 11) is 0.314. The van der Waals surface area contributed by atoms with Crippen LogP contribution < -0.4 is 10.3 Å². The topological polar surface area (TPSA) is 71.8 Å². The third-order valence-corrected chi connectivity index (χ3v) is 3.12. The minimum absolute atomic E-state index is 0.340. The monoisotopic (exact) mass is 253 g/mol. The molecule has 0 saturated heterocycles. The van der Waals surface area contributed by atoms with Gasteiger partial charge in [0.2, 0.25) is 0 Å². The van der Waals surface area contributed by atoms with Crippen molar-refractivity contribution in [3.63, 3.8) is 0 Å². The number of aliphatic hydroxyl groups is 1. The molecule has 0 bridgehead atoms. The van der Waals surface area contributed by atoms with Gasteiger partial charge in [0.25, 0.3) is 0 Å². The zero-order valence-electron chi connectivity index (χ0n) is 11.5. The molecule has 0 fully saturated rings. The van der Waals surface area contributed by atoms with Gasteiger partial charge in [-0.25, -0.2) is 0 Å². The lowest BCUT2D eigenvalue weighted by molar-refractivity contribution is -0.0983. The summed E-state index contributed by atoms with van der Waals surface area (Å²) >= 11 is 0. The number of methoxy groups -OCH3 is 1. The maximum absolute atomic E-state index is 9.99. The molecule has 1 rings (SSSR count). The molecule has 1 aromatic heterocycles. The van der Waals surface area contributed by atoms with Crippen molar-refractivity contribution < 1.29 is 19.5 Å². The quantitative estimate of drug-likeness (QED) is 0.740.